The average molecular weight is 310 g/mol. The Morgan fingerprint density at radius 1 is 1.16 bits per heavy atom. The van der Waals surface area contributed by atoms with E-state index in [2.05, 4.69) is 15.0 Å². The summed E-state index contributed by atoms with van der Waals surface area (Å²) in [5, 5.41) is 16.5. The molecule has 0 unspecified atom stereocenters. The number of aromatic nitrogens is 3. The quantitative estimate of drug-likeness (QED) is 0.777. The molecule has 4 nitrogen and oxygen atoms in total. The van der Waals surface area contributed by atoms with Gasteiger partial charge in [0, 0.05) is 22.4 Å². The van der Waals surface area contributed by atoms with Crippen LogP contribution in [0.2, 0.25) is 5.15 Å². The number of aromatic hydroxyl groups is 1. The van der Waals surface area contributed by atoms with Crippen molar-refractivity contribution in [3.63, 3.8) is 0 Å². The van der Waals surface area contributed by atoms with Gasteiger partial charge in [0.1, 0.15) is 5.15 Å². The highest BCUT2D eigenvalue weighted by Gasteiger charge is 2.12. The molecule has 3 heterocycles. The Hall–Kier alpha value is -1.50. The highest BCUT2D eigenvalue weighted by molar-refractivity contribution is 7.13. The molecule has 3 rings (SSSR count). The van der Waals surface area contributed by atoms with Gasteiger partial charge in [-0.1, -0.05) is 11.6 Å². The predicted octanol–water partition coefficient (Wildman–Crippen LogP) is 4.00. The summed E-state index contributed by atoms with van der Waals surface area (Å²) in [6.45, 7) is 2.00. The van der Waals surface area contributed by atoms with Crippen molar-refractivity contribution in [1.82, 2.24) is 15.0 Å². The lowest BCUT2D eigenvalue weighted by molar-refractivity contribution is 0.453. The molecule has 0 saturated carbocycles. The minimum absolute atomic E-state index is 0.0723. The predicted molar refractivity (Wildman–Crippen MR) is 77.9 cm³/mol. The van der Waals surface area contributed by atoms with E-state index in [4.69, 9.17) is 11.6 Å². The smallest absolute Gasteiger partial charge is 0.215 e. The lowest BCUT2D eigenvalue weighted by atomic mass is 10.1. The number of hydrogen-bond acceptors (Lipinski definition) is 6. The van der Waals surface area contributed by atoms with Crippen LogP contribution in [0, 0.1) is 6.92 Å². The Morgan fingerprint density at radius 3 is 2.63 bits per heavy atom. The monoisotopic (exact) mass is 309 g/mol. The first-order valence-electron chi connectivity index (χ1n) is 5.36. The lowest BCUT2D eigenvalue weighted by Crippen LogP contribution is -1.92. The molecule has 0 fully saturated rings. The molecule has 0 bridgehead atoms. The van der Waals surface area contributed by atoms with E-state index in [9.17, 15) is 5.11 Å². The summed E-state index contributed by atoms with van der Waals surface area (Å²) in [4.78, 5) is 12.6. The van der Waals surface area contributed by atoms with Crippen molar-refractivity contribution in [2.75, 3.05) is 0 Å². The maximum atomic E-state index is 9.75. The molecular formula is C12H8ClN3OS2. The third kappa shape index (κ3) is 2.47. The normalized spacial score (nSPS) is 10.8. The Bertz CT molecular complexity index is 738. The van der Waals surface area contributed by atoms with Gasteiger partial charge in [0.05, 0.1) is 5.69 Å². The van der Waals surface area contributed by atoms with Crippen LogP contribution in [0.4, 0.5) is 0 Å². The van der Waals surface area contributed by atoms with E-state index in [0.29, 0.717) is 21.7 Å². The van der Waals surface area contributed by atoms with Crippen LogP contribution in [-0.4, -0.2) is 20.1 Å². The molecule has 0 atom stereocenters. The fraction of sp³-hybridized carbons (Fsp3) is 0.0833. The zero-order chi connectivity index (χ0) is 13.4. The number of hydrogen-bond donors (Lipinski definition) is 1. The summed E-state index contributed by atoms with van der Waals surface area (Å²) in [6, 6.07) is 1.55. The molecule has 0 aromatic carbocycles. The van der Waals surface area contributed by atoms with Crippen molar-refractivity contribution in [2.45, 2.75) is 6.92 Å². The second-order valence-electron chi connectivity index (χ2n) is 3.88. The summed E-state index contributed by atoms with van der Waals surface area (Å²) < 4.78 is 0. The second-order valence-corrected chi connectivity index (χ2v) is 5.87. The van der Waals surface area contributed by atoms with Gasteiger partial charge in [0.15, 0.2) is 10.8 Å². The van der Waals surface area contributed by atoms with E-state index in [1.165, 1.54) is 11.3 Å². The molecule has 0 spiro atoms. The molecule has 0 aliphatic carbocycles. The largest absolute Gasteiger partial charge is 0.493 e. The first kappa shape index (κ1) is 12.5. The molecule has 96 valence electrons. The van der Waals surface area contributed by atoms with Crippen molar-refractivity contribution in [1.29, 1.82) is 0 Å². The maximum Gasteiger partial charge on any atom is 0.215 e. The van der Waals surface area contributed by atoms with Crippen LogP contribution in [-0.2, 0) is 0 Å². The maximum absolute atomic E-state index is 9.75. The van der Waals surface area contributed by atoms with Crippen molar-refractivity contribution in [3.05, 3.63) is 32.9 Å². The Morgan fingerprint density at radius 2 is 2.00 bits per heavy atom. The zero-order valence-corrected chi connectivity index (χ0v) is 12.2. The van der Waals surface area contributed by atoms with Gasteiger partial charge in [-0.05, 0) is 17.9 Å². The topological polar surface area (TPSA) is 58.9 Å². The summed E-state index contributed by atoms with van der Waals surface area (Å²) in [5.41, 5.74) is 2.80. The van der Waals surface area contributed by atoms with Gasteiger partial charge in [-0.2, -0.15) is 16.3 Å². The van der Waals surface area contributed by atoms with Crippen LogP contribution >= 0.6 is 34.3 Å². The van der Waals surface area contributed by atoms with E-state index < -0.39 is 0 Å². The van der Waals surface area contributed by atoms with E-state index in [0.717, 1.165) is 11.1 Å². The van der Waals surface area contributed by atoms with Gasteiger partial charge in [-0.3, -0.25) is 0 Å². The number of aryl methyl sites for hydroxylation is 1. The molecule has 7 heteroatoms. The number of thiophene rings is 1. The molecule has 19 heavy (non-hydrogen) atoms. The van der Waals surface area contributed by atoms with Crippen molar-refractivity contribution >= 4 is 34.3 Å². The van der Waals surface area contributed by atoms with Crippen molar-refractivity contribution < 1.29 is 5.11 Å². The SMILES string of the molecule is Cc1cscc1-c1cc(O)nc(-c2nc(Cl)cs2)n1. The summed E-state index contributed by atoms with van der Waals surface area (Å²) in [5.74, 6) is 0.314. The fourth-order valence-corrected chi connectivity index (χ4v) is 3.37. The minimum atomic E-state index is -0.0723. The molecular weight excluding hydrogens is 302 g/mol. The summed E-state index contributed by atoms with van der Waals surface area (Å²) >= 11 is 8.74. The number of nitrogens with zero attached hydrogens (tertiary/aromatic N) is 3. The molecule has 0 saturated heterocycles. The number of thiazole rings is 1. The highest BCUT2D eigenvalue weighted by Crippen LogP contribution is 2.30. The van der Waals surface area contributed by atoms with Gasteiger partial charge in [0.2, 0.25) is 5.88 Å². The van der Waals surface area contributed by atoms with E-state index >= 15 is 0 Å². The Kier molecular flexibility index (Phi) is 3.22. The second kappa shape index (κ2) is 4.88. The first-order valence-corrected chi connectivity index (χ1v) is 7.56. The third-order valence-electron chi connectivity index (χ3n) is 2.51. The molecule has 0 amide bonds. The minimum Gasteiger partial charge on any atom is -0.493 e. The lowest BCUT2D eigenvalue weighted by Gasteiger charge is -2.03. The molecule has 1 N–H and O–H groups in total. The van der Waals surface area contributed by atoms with Gasteiger partial charge < -0.3 is 5.11 Å². The van der Waals surface area contributed by atoms with Gasteiger partial charge >= 0.3 is 0 Å². The summed E-state index contributed by atoms with van der Waals surface area (Å²) in [7, 11) is 0. The van der Waals surface area contributed by atoms with Crippen molar-refractivity contribution in [2.24, 2.45) is 0 Å². The van der Waals surface area contributed by atoms with Crippen LogP contribution in [0.1, 0.15) is 5.56 Å². The Labute approximate surface area is 122 Å². The number of rotatable bonds is 2. The van der Waals surface area contributed by atoms with Crippen molar-refractivity contribution in [3.8, 4) is 28.0 Å². The van der Waals surface area contributed by atoms with Crippen LogP contribution in [0.15, 0.2) is 22.2 Å². The van der Waals surface area contributed by atoms with Crippen LogP contribution < -0.4 is 0 Å². The van der Waals surface area contributed by atoms with E-state index in [1.54, 1.807) is 22.8 Å². The van der Waals surface area contributed by atoms with Gasteiger partial charge in [-0.25, -0.2) is 9.97 Å². The molecule has 3 aromatic rings. The standard InChI is InChI=1S/C12H8ClN3OS2/c1-6-3-18-4-7(6)8-2-10(17)16-11(14-8)12-15-9(13)5-19-12/h2-5H,1H3,(H,14,16,17). The molecule has 0 aliphatic rings. The first-order chi connectivity index (χ1) is 9.13. The van der Waals surface area contributed by atoms with Crippen LogP contribution in [0.25, 0.3) is 22.1 Å². The van der Waals surface area contributed by atoms with Crippen LogP contribution in [0.5, 0.6) is 5.88 Å². The third-order valence-corrected chi connectivity index (χ3v) is 4.53. The molecule has 0 aliphatic heterocycles. The zero-order valence-electron chi connectivity index (χ0n) is 9.79. The van der Waals surface area contributed by atoms with Gasteiger partial charge in [0.25, 0.3) is 0 Å². The average Bonchev–Trinajstić information content (AvgIpc) is 2.97. The Balaban J connectivity index is 2.13. The van der Waals surface area contributed by atoms with E-state index in [1.807, 2.05) is 17.7 Å². The summed E-state index contributed by atoms with van der Waals surface area (Å²) in [6.07, 6.45) is 0. The highest BCUT2D eigenvalue weighted by atomic mass is 35.5. The van der Waals surface area contributed by atoms with Gasteiger partial charge in [-0.15, -0.1) is 11.3 Å². The molecule has 0 radical (unpaired) electrons. The fourth-order valence-electron chi connectivity index (χ4n) is 1.65. The van der Waals surface area contributed by atoms with Crippen LogP contribution in [0.3, 0.4) is 0 Å². The van der Waals surface area contributed by atoms with E-state index in [-0.39, 0.29) is 5.88 Å². The number of halogens is 1. The molecule has 3 aromatic heterocycles.